The fourth-order valence-corrected chi connectivity index (χ4v) is 4.45. The van der Waals surface area contributed by atoms with Crippen molar-refractivity contribution in [1.29, 1.82) is 4.78 Å². The Hall–Kier alpha value is -0.780. The third-order valence-corrected chi connectivity index (χ3v) is 5.61. The molecule has 1 saturated heterocycles. The summed E-state index contributed by atoms with van der Waals surface area (Å²) < 4.78 is 19.1. The molecule has 0 radical (unpaired) electrons. The molecule has 0 aromatic carbocycles. The Morgan fingerprint density at radius 1 is 1.35 bits per heavy atom. The Morgan fingerprint density at radius 2 is 2.00 bits per heavy atom. The summed E-state index contributed by atoms with van der Waals surface area (Å²) in [6, 6.07) is 0.215. The van der Waals surface area contributed by atoms with Crippen molar-refractivity contribution in [3.8, 4) is 0 Å². The lowest BCUT2D eigenvalue weighted by Gasteiger charge is -2.25. The van der Waals surface area contributed by atoms with Crippen LogP contribution in [0.5, 0.6) is 0 Å². The quantitative estimate of drug-likeness (QED) is 0.786. The monoisotopic (exact) mass is 259 g/mol. The first kappa shape index (κ1) is 12.7. The number of carbonyl (C=O) groups excluding carboxylic acids is 1. The lowest BCUT2D eigenvalue weighted by atomic mass is 10.2. The summed E-state index contributed by atoms with van der Waals surface area (Å²) in [6.45, 7) is 0. The van der Waals surface area contributed by atoms with Gasteiger partial charge >= 0.3 is 6.03 Å². The second-order valence-corrected chi connectivity index (χ2v) is 7.53. The van der Waals surface area contributed by atoms with Crippen LogP contribution in [0.3, 0.4) is 0 Å². The van der Waals surface area contributed by atoms with Gasteiger partial charge in [0, 0.05) is 34.6 Å². The summed E-state index contributed by atoms with van der Waals surface area (Å²) in [4.78, 5) is 13.6. The van der Waals surface area contributed by atoms with E-state index in [-0.39, 0.29) is 12.1 Å². The Morgan fingerprint density at radius 3 is 2.53 bits per heavy atom. The standard InChI is InChI=1S/C11H21N3O2S/c1-14(10-6-7-17(12,16)8-10)11(15)13-9-4-2-3-5-9/h9-10,12H,2-8H2,1H3,(H,13,15). The molecule has 2 atom stereocenters. The maximum atomic E-state index is 12.0. The number of nitrogens with one attached hydrogen (secondary N) is 2. The minimum atomic E-state index is -2.42. The van der Waals surface area contributed by atoms with Gasteiger partial charge in [0.05, 0.1) is 5.75 Å². The van der Waals surface area contributed by atoms with E-state index in [1.54, 1.807) is 11.9 Å². The van der Waals surface area contributed by atoms with E-state index in [1.165, 1.54) is 12.8 Å². The SMILES string of the molecule is CN(C(=O)NC1CCCC1)C1CCS(=N)(=O)C1. The third-order valence-electron chi connectivity index (χ3n) is 3.79. The van der Waals surface area contributed by atoms with Crippen LogP contribution in [0.4, 0.5) is 4.79 Å². The Labute approximate surface area is 103 Å². The van der Waals surface area contributed by atoms with Gasteiger partial charge in [-0.3, -0.25) is 4.78 Å². The van der Waals surface area contributed by atoms with Crippen molar-refractivity contribution in [3.63, 3.8) is 0 Å². The highest BCUT2D eigenvalue weighted by Crippen LogP contribution is 2.20. The molecule has 2 unspecified atom stereocenters. The van der Waals surface area contributed by atoms with Gasteiger partial charge in [-0.2, -0.15) is 0 Å². The van der Waals surface area contributed by atoms with Gasteiger partial charge in [0.15, 0.2) is 0 Å². The van der Waals surface area contributed by atoms with Crippen LogP contribution in [0.1, 0.15) is 32.1 Å². The van der Waals surface area contributed by atoms with Crippen LogP contribution in [-0.4, -0.2) is 45.8 Å². The minimum Gasteiger partial charge on any atom is -0.335 e. The van der Waals surface area contributed by atoms with Crippen molar-refractivity contribution in [3.05, 3.63) is 0 Å². The predicted octanol–water partition coefficient (Wildman–Crippen LogP) is 1.39. The van der Waals surface area contributed by atoms with Gasteiger partial charge in [0.25, 0.3) is 0 Å². The number of nitrogens with zero attached hydrogens (tertiary/aromatic N) is 1. The maximum absolute atomic E-state index is 12.0. The molecule has 98 valence electrons. The molecule has 17 heavy (non-hydrogen) atoms. The summed E-state index contributed by atoms with van der Waals surface area (Å²) >= 11 is 0. The predicted molar refractivity (Wildman–Crippen MR) is 67.6 cm³/mol. The first-order valence-corrected chi connectivity index (χ1v) is 8.15. The van der Waals surface area contributed by atoms with Crippen molar-refractivity contribution in [1.82, 2.24) is 10.2 Å². The third kappa shape index (κ3) is 3.12. The maximum Gasteiger partial charge on any atom is 0.317 e. The fraction of sp³-hybridized carbons (Fsp3) is 0.909. The molecule has 0 bridgehead atoms. The van der Waals surface area contributed by atoms with E-state index in [4.69, 9.17) is 4.78 Å². The summed E-state index contributed by atoms with van der Waals surface area (Å²) in [5.74, 6) is 0.764. The molecule has 1 saturated carbocycles. The van der Waals surface area contributed by atoms with E-state index in [0.29, 0.717) is 24.0 Å². The highest BCUT2D eigenvalue weighted by molar-refractivity contribution is 7.92. The first-order chi connectivity index (χ1) is 7.98. The summed E-state index contributed by atoms with van der Waals surface area (Å²) in [5.41, 5.74) is 0. The molecular weight excluding hydrogens is 238 g/mol. The molecule has 0 aromatic heterocycles. The van der Waals surface area contributed by atoms with Crippen LogP contribution < -0.4 is 5.32 Å². The number of hydrogen-bond donors (Lipinski definition) is 2. The van der Waals surface area contributed by atoms with Gasteiger partial charge < -0.3 is 10.2 Å². The highest BCUT2D eigenvalue weighted by atomic mass is 32.2. The van der Waals surface area contributed by atoms with E-state index in [9.17, 15) is 9.00 Å². The zero-order valence-electron chi connectivity index (χ0n) is 10.3. The molecule has 2 amide bonds. The van der Waals surface area contributed by atoms with Crippen molar-refractivity contribution < 1.29 is 9.00 Å². The zero-order valence-corrected chi connectivity index (χ0v) is 11.1. The number of amides is 2. The van der Waals surface area contributed by atoms with E-state index in [1.807, 2.05) is 0 Å². The van der Waals surface area contributed by atoms with E-state index in [0.717, 1.165) is 12.8 Å². The van der Waals surface area contributed by atoms with Crippen LogP contribution in [0.15, 0.2) is 0 Å². The number of urea groups is 1. The average Bonchev–Trinajstić information content (AvgIpc) is 2.86. The smallest absolute Gasteiger partial charge is 0.317 e. The largest absolute Gasteiger partial charge is 0.335 e. The van der Waals surface area contributed by atoms with Crippen molar-refractivity contribution in [2.24, 2.45) is 0 Å². The molecule has 2 fully saturated rings. The van der Waals surface area contributed by atoms with E-state index in [2.05, 4.69) is 5.32 Å². The molecule has 1 aliphatic carbocycles. The van der Waals surface area contributed by atoms with Crippen LogP contribution in [0, 0.1) is 4.78 Å². The number of carbonyl (C=O) groups is 1. The van der Waals surface area contributed by atoms with Gasteiger partial charge in [0.2, 0.25) is 0 Å². The van der Waals surface area contributed by atoms with Gasteiger partial charge in [-0.05, 0) is 19.3 Å². The molecule has 6 heteroatoms. The first-order valence-electron chi connectivity index (χ1n) is 6.25. The Balaban J connectivity index is 1.86. The van der Waals surface area contributed by atoms with Crippen LogP contribution >= 0.6 is 0 Å². The second kappa shape index (κ2) is 4.84. The van der Waals surface area contributed by atoms with Crippen LogP contribution in [0.25, 0.3) is 0 Å². The van der Waals surface area contributed by atoms with Crippen molar-refractivity contribution in [2.45, 2.75) is 44.2 Å². The summed E-state index contributed by atoms with van der Waals surface area (Å²) in [6.07, 6.45) is 5.22. The second-order valence-electron chi connectivity index (χ2n) is 5.17. The molecule has 1 aliphatic heterocycles. The lowest BCUT2D eigenvalue weighted by molar-refractivity contribution is 0.191. The topological polar surface area (TPSA) is 73.3 Å². The number of rotatable bonds is 2. The summed E-state index contributed by atoms with van der Waals surface area (Å²) in [5, 5.41) is 3.02. The van der Waals surface area contributed by atoms with E-state index >= 15 is 0 Å². The molecule has 2 rings (SSSR count). The Kier molecular flexibility index (Phi) is 3.61. The van der Waals surface area contributed by atoms with Crippen molar-refractivity contribution >= 4 is 15.8 Å². The molecule has 5 nitrogen and oxygen atoms in total. The molecule has 1 heterocycles. The molecule has 0 spiro atoms. The van der Waals surface area contributed by atoms with Gasteiger partial charge in [-0.1, -0.05) is 12.8 Å². The molecule has 2 aliphatic rings. The molecule has 2 N–H and O–H groups in total. The van der Waals surface area contributed by atoms with Gasteiger partial charge in [0.1, 0.15) is 0 Å². The number of hydrogen-bond acceptors (Lipinski definition) is 3. The van der Waals surface area contributed by atoms with Crippen LogP contribution in [-0.2, 0) is 9.73 Å². The minimum absolute atomic E-state index is 0.0265. The lowest BCUT2D eigenvalue weighted by Crippen LogP contribution is -2.47. The molecule has 0 aromatic rings. The molecular formula is C11H21N3O2S. The Bertz CT molecular complexity index is 388. The normalized spacial score (nSPS) is 33.8. The van der Waals surface area contributed by atoms with E-state index < -0.39 is 9.73 Å². The summed E-state index contributed by atoms with van der Waals surface area (Å²) in [7, 11) is -0.677. The zero-order chi connectivity index (χ0) is 12.5. The van der Waals surface area contributed by atoms with Gasteiger partial charge in [-0.15, -0.1) is 0 Å². The van der Waals surface area contributed by atoms with Crippen LogP contribution in [0.2, 0.25) is 0 Å². The fourth-order valence-electron chi connectivity index (χ4n) is 2.62. The van der Waals surface area contributed by atoms with Gasteiger partial charge in [-0.25, -0.2) is 9.00 Å². The highest BCUT2D eigenvalue weighted by Gasteiger charge is 2.31. The van der Waals surface area contributed by atoms with Crippen molar-refractivity contribution in [2.75, 3.05) is 18.6 Å². The average molecular weight is 259 g/mol.